The first kappa shape index (κ1) is 16.6. The summed E-state index contributed by atoms with van der Waals surface area (Å²) >= 11 is 0. The first-order chi connectivity index (χ1) is 11.6. The Morgan fingerprint density at radius 2 is 1.71 bits per heavy atom. The molecule has 1 fully saturated rings. The number of anilines is 1. The Morgan fingerprint density at radius 3 is 2.38 bits per heavy atom. The van der Waals surface area contributed by atoms with Gasteiger partial charge >= 0.3 is 0 Å². The Hall–Kier alpha value is -2.30. The molecule has 5 heteroatoms. The largest absolute Gasteiger partial charge is 0.371 e. The topological polar surface area (TPSA) is 84.2 Å². The van der Waals surface area contributed by atoms with Gasteiger partial charge in [-0.05, 0) is 37.8 Å². The Kier molecular flexibility index (Phi) is 4.88. The fourth-order valence-corrected chi connectivity index (χ4v) is 3.78. The van der Waals surface area contributed by atoms with Crippen molar-refractivity contribution < 1.29 is 9.59 Å². The molecule has 0 heterocycles. The summed E-state index contributed by atoms with van der Waals surface area (Å²) in [5, 5.41) is 6.54. The molecule has 2 atom stereocenters. The highest BCUT2D eigenvalue weighted by atomic mass is 16.2. The van der Waals surface area contributed by atoms with Gasteiger partial charge in [0.1, 0.15) is 5.54 Å². The van der Waals surface area contributed by atoms with E-state index in [-0.39, 0.29) is 23.8 Å². The summed E-state index contributed by atoms with van der Waals surface area (Å²) in [4.78, 5) is 24.7. The molecule has 0 aliphatic heterocycles. The molecule has 5 nitrogen and oxygen atoms in total. The molecule has 0 bridgehead atoms. The molecule has 1 saturated carbocycles. The maximum Gasteiger partial charge on any atom is 0.245 e. The van der Waals surface area contributed by atoms with Gasteiger partial charge in [-0.1, -0.05) is 43.2 Å². The summed E-state index contributed by atoms with van der Waals surface area (Å²) in [6.07, 6.45) is 8.88. The van der Waals surface area contributed by atoms with Crippen LogP contribution in [0.1, 0.15) is 38.5 Å². The van der Waals surface area contributed by atoms with Crippen LogP contribution in [0.15, 0.2) is 42.5 Å². The average molecular weight is 327 g/mol. The van der Waals surface area contributed by atoms with E-state index >= 15 is 0 Å². The number of benzene rings is 1. The van der Waals surface area contributed by atoms with Gasteiger partial charge in [-0.2, -0.15) is 0 Å². The number of para-hydroxylation sites is 1. The Bertz CT molecular complexity index is 621. The van der Waals surface area contributed by atoms with Crippen molar-refractivity contribution >= 4 is 17.5 Å². The number of primary amides is 1. The summed E-state index contributed by atoms with van der Waals surface area (Å²) in [7, 11) is 0. The average Bonchev–Trinajstić information content (AvgIpc) is 3.06. The molecule has 3 rings (SSSR count). The van der Waals surface area contributed by atoms with Gasteiger partial charge in [0, 0.05) is 11.7 Å². The third kappa shape index (κ3) is 3.45. The van der Waals surface area contributed by atoms with E-state index in [1.807, 2.05) is 42.5 Å². The van der Waals surface area contributed by atoms with E-state index in [1.165, 1.54) is 0 Å². The maximum absolute atomic E-state index is 13.1. The van der Waals surface area contributed by atoms with Crippen molar-refractivity contribution in [2.75, 3.05) is 5.32 Å². The van der Waals surface area contributed by atoms with E-state index in [4.69, 9.17) is 5.73 Å². The van der Waals surface area contributed by atoms with Gasteiger partial charge in [0.05, 0.1) is 5.92 Å². The first-order valence-corrected chi connectivity index (χ1v) is 8.69. The lowest BCUT2D eigenvalue weighted by Gasteiger charge is -2.34. The number of nitrogens with two attached hydrogens (primary N) is 1. The summed E-state index contributed by atoms with van der Waals surface area (Å²) < 4.78 is 0. The van der Waals surface area contributed by atoms with Crippen LogP contribution in [0.5, 0.6) is 0 Å². The third-order valence-corrected chi connectivity index (χ3v) is 5.16. The van der Waals surface area contributed by atoms with Crippen LogP contribution in [-0.4, -0.2) is 23.4 Å². The van der Waals surface area contributed by atoms with Crippen molar-refractivity contribution in [2.45, 2.75) is 50.1 Å². The summed E-state index contributed by atoms with van der Waals surface area (Å²) in [5.74, 6) is -0.689. The molecule has 4 N–H and O–H groups in total. The molecule has 2 amide bonds. The van der Waals surface area contributed by atoms with Crippen molar-refractivity contribution in [1.82, 2.24) is 5.32 Å². The van der Waals surface area contributed by atoms with E-state index in [2.05, 4.69) is 10.6 Å². The van der Waals surface area contributed by atoms with Crippen LogP contribution in [0, 0.1) is 5.92 Å². The molecule has 0 radical (unpaired) electrons. The predicted octanol–water partition coefficient (Wildman–Crippen LogP) is 2.35. The molecule has 0 aromatic heterocycles. The van der Waals surface area contributed by atoms with E-state index < -0.39 is 5.54 Å². The highest BCUT2D eigenvalue weighted by Crippen LogP contribution is 2.34. The molecular weight excluding hydrogens is 302 g/mol. The Morgan fingerprint density at radius 1 is 1.04 bits per heavy atom. The van der Waals surface area contributed by atoms with Gasteiger partial charge in [0.25, 0.3) is 0 Å². The van der Waals surface area contributed by atoms with Crippen molar-refractivity contribution in [3.63, 3.8) is 0 Å². The number of hydrogen-bond acceptors (Lipinski definition) is 3. The van der Waals surface area contributed by atoms with Crippen LogP contribution in [0.4, 0.5) is 5.69 Å². The zero-order valence-corrected chi connectivity index (χ0v) is 13.8. The van der Waals surface area contributed by atoms with Crippen LogP contribution < -0.4 is 16.4 Å². The van der Waals surface area contributed by atoms with Crippen molar-refractivity contribution in [1.29, 1.82) is 0 Å². The zero-order chi connectivity index (χ0) is 17.0. The molecule has 0 spiro atoms. The predicted molar refractivity (Wildman–Crippen MR) is 94.3 cm³/mol. The van der Waals surface area contributed by atoms with Gasteiger partial charge in [-0.15, -0.1) is 0 Å². The van der Waals surface area contributed by atoms with Crippen LogP contribution >= 0.6 is 0 Å². The molecule has 1 aromatic carbocycles. The van der Waals surface area contributed by atoms with E-state index in [0.717, 1.165) is 31.4 Å². The standard InChI is InChI=1S/C19H25N3O2/c20-17(23)15-10-4-5-11-16(15)21-18(24)19(12-6-7-13-19)22-14-8-2-1-3-9-14/h1-5,8-9,15-16,22H,6-7,10-13H2,(H2,20,23)(H,21,24)/t15-,16-/m1/s1. The second-order valence-corrected chi connectivity index (χ2v) is 6.81. The number of allylic oxidation sites excluding steroid dienone is 1. The highest BCUT2D eigenvalue weighted by Gasteiger charge is 2.43. The van der Waals surface area contributed by atoms with Gasteiger partial charge < -0.3 is 16.4 Å². The minimum absolute atomic E-state index is 0.0181. The second-order valence-electron chi connectivity index (χ2n) is 6.81. The van der Waals surface area contributed by atoms with Crippen LogP contribution in [-0.2, 0) is 9.59 Å². The van der Waals surface area contributed by atoms with E-state index in [0.29, 0.717) is 12.8 Å². The molecule has 24 heavy (non-hydrogen) atoms. The quantitative estimate of drug-likeness (QED) is 0.726. The minimum Gasteiger partial charge on any atom is -0.371 e. The zero-order valence-electron chi connectivity index (χ0n) is 13.8. The van der Waals surface area contributed by atoms with Crippen LogP contribution in [0.25, 0.3) is 0 Å². The van der Waals surface area contributed by atoms with Gasteiger partial charge in [-0.25, -0.2) is 0 Å². The molecule has 0 unspecified atom stereocenters. The number of nitrogens with one attached hydrogen (secondary N) is 2. The molecule has 1 aromatic rings. The molecule has 2 aliphatic carbocycles. The van der Waals surface area contributed by atoms with Crippen LogP contribution in [0.2, 0.25) is 0 Å². The van der Waals surface area contributed by atoms with Gasteiger partial charge in [0.2, 0.25) is 11.8 Å². The molecule has 2 aliphatic rings. The fraction of sp³-hybridized carbons (Fsp3) is 0.474. The van der Waals surface area contributed by atoms with E-state index in [1.54, 1.807) is 0 Å². The van der Waals surface area contributed by atoms with Crippen molar-refractivity contribution in [3.05, 3.63) is 42.5 Å². The maximum atomic E-state index is 13.1. The number of carbonyl (C=O) groups is 2. The minimum atomic E-state index is -0.593. The Labute approximate surface area is 142 Å². The van der Waals surface area contributed by atoms with Crippen molar-refractivity contribution in [2.24, 2.45) is 11.7 Å². The highest BCUT2D eigenvalue weighted by molar-refractivity contribution is 5.90. The lowest BCUT2D eigenvalue weighted by molar-refractivity contribution is -0.128. The molecular formula is C19H25N3O2. The Balaban J connectivity index is 1.75. The molecule has 128 valence electrons. The van der Waals surface area contributed by atoms with Gasteiger partial charge in [0.15, 0.2) is 0 Å². The fourth-order valence-electron chi connectivity index (χ4n) is 3.78. The number of amides is 2. The van der Waals surface area contributed by atoms with Crippen LogP contribution in [0.3, 0.4) is 0 Å². The smallest absolute Gasteiger partial charge is 0.245 e. The summed E-state index contributed by atoms with van der Waals surface area (Å²) in [6.45, 7) is 0. The van der Waals surface area contributed by atoms with Crippen molar-refractivity contribution in [3.8, 4) is 0 Å². The van der Waals surface area contributed by atoms with E-state index in [9.17, 15) is 9.59 Å². The number of hydrogen-bond donors (Lipinski definition) is 3. The second kappa shape index (κ2) is 7.07. The lowest BCUT2D eigenvalue weighted by atomic mass is 9.87. The van der Waals surface area contributed by atoms with Gasteiger partial charge in [-0.3, -0.25) is 9.59 Å². The number of carbonyl (C=O) groups excluding carboxylic acids is 2. The normalized spacial score (nSPS) is 25.2. The third-order valence-electron chi connectivity index (χ3n) is 5.16. The first-order valence-electron chi connectivity index (χ1n) is 8.69. The SMILES string of the molecule is NC(=O)[C@@H]1CC=CC[C@H]1NC(=O)C1(Nc2ccccc2)CCCC1. The number of rotatable bonds is 5. The summed E-state index contributed by atoms with van der Waals surface area (Å²) in [5.41, 5.74) is 5.86. The lowest BCUT2D eigenvalue weighted by Crippen LogP contribution is -2.56. The molecule has 0 saturated heterocycles. The monoisotopic (exact) mass is 327 g/mol. The summed E-state index contributed by atoms with van der Waals surface area (Å²) in [6, 6.07) is 9.61.